The Balaban J connectivity index is 5.13. The van der Waals surface area contributed by atoms with Gasteiger partial charge >= 0.3 is 12.1 Å². The molecule has 0 spiro atoms. The van der Waals surface area contributed by atoms with E-state index in [1.165, 1.54) is 0 Å². The van der Waals surface area contributed by atoms with Crippen molar-refractivity contribution in [3.05, 3.63) is 0 Å². The molecule has 0 aliphatic rings. The molecule has 2 N–H and O–H groups in total. The summed E-state index contributed by atoms with van der Waals surface area (Å²) in [7, 11) is 0. The van der Waals surface area contributed by atoms with E-state index in [0.29, 0.717) is 0 Å². The summed E-state index contributed by atoms with van der Waals surface area (Å²) in [4.78, 5) is 11.9. The Kier molecular flexibility index (Phi) is 5.78. The zero-order valence-electron chi connectivity index (χ0n) is 12.1. The predicted octanol–water partition coefficient (Wildman–Crippen LogP) is 3.12. The van der Waals surface area contributed by atoms with E-state index >= 15 is 0 Å². The number of alkyl halides is 3. The van der Waals surface area contributed by atoms with Gasteiger partial charge in [0.05, 0.1) is 0 Å². The van der Waals surface area contributed by atoms with Crippen molar-refractivity contribution in [3.63, 3.8) is 0 Å². The maximum absolute atomic E-state index is 12.7. The van der Waals surface area contributed by atoms with E-state index in [1.807, 2.05) is 0 Å². The first-order valence-electron chi connectivity index (χ1n) is 5.86. The van der Waals surface area contributed by atoms with Gasteiger partial charge in [0.25, 0.3) is 0 Å². The van der Waals surface area contributed by atoms with Crippen molar-refractivity contribution in [3.8, 4) is 0 Å². The average Bonchev–Trinajstić information content (AvgIpc) is 2.06. The van der Waals surface area contributed by atoms with Crippen molar-refractivity contribution in [2.75, 3.05) is 0 Å². The first-order chi connectivity index (χ1) is 8.13. The van der Waals surface area contributed by atoms with Crippen molar-refractivity contribution in [1.29, 1.82) is 0 Å². The molecule has 0 radical (unpaired) electrons. The number of rotatable bonds is 3. The normalized spacial score (nSPS) is 16.9. The van der Waals surface area contributed by atoms with Crippen LogP contribution in [-0.2, 0) is 9.53 Å². The molecule has 19 heavy (non-hydrogen) atoms. The van der Waals surface area contributed by atoms with Gasteiger partial charge in [0.1, 0.15) is 16.9 Å². The van der Waals surface area contributed by atoms with Gasteiger partial charge in [-0.25, -0.2) is 0 Å². The highest BCUT2D eigenvalue weighted by molar-refractivity contribution is 8.01. The van der Waals surface area contributed by atoms with E-state index in [9.17, 15) is 18.0 Å². The van der Waals surface area contributed by atoms with Gasteiger partial charge in [0.15, 0.2) is 0 Å². The highest BCUT2D eigenvalue weighted by atomic mass is 32.2. The lowest BCUT2D eigenvalue weighted by atomic mass is 10.1. The second-order valence-electron chi connectivity index (χ2n) is 6.25. The highest BCUT2D eigenvalue weighted by Crippen LogP contribution is 2.35. The fourth-order valence-electron chi connectivity index (χ4n) is 1.18. The monoisotopic (exact) mass is 301 g/mol. The molecule has 7 heteroatoms. The Bertz CT molecular complexity index is 318. The van der Waals surface area contributed by atoms with Crippen LogP contribution in [0.15, 0.2) is 0 Å². The quantitative estimate of drug-likeness (QED) is 0.814. The van der Waals surface area contributed by atoms with Crippen LogP contribution < -0.4 is 5.73 Å². The summed E-state index contributed by atoms with van der Waals surface area (Å²) in [6.07, 6.45) is -4.64. The molecule has 0 saturated carbocycles. The zero-order valence-corrected chi connectivity index (χ0v) is 12.9. The second-order valence-corrected chi connectivity index (χ2v) is 8.22. The lowest BCUT2D eigenvalue weighted by Crippen LogP contribution is -2.51. The van der Waals surface area contributed by atoms with Gasteiger partial charge in [-0.05, 0) is 20.8 Å². The molecule has 0 unspecified atom stereocenters. The molecule has 0 aliphatic heterocycles. The van der Waals surface area contributed by atoms with Crippen molar-refractivity contribution in [1.82, 2.24) is 0 Å². The van der Waals surface area contributed by atoms with Crippen molar-refractivity contribution in [2.45, 2.75) is 69.4 Å². The maximum atomic E-state index is 12.7. The van der Waals surface area contributed by atoms with Crippen LogP contribution in [0.4, 0.5) is 13.2 Å². The molecule has 0 amide bonds. The number of ether oxygens (including phenoxy) is 1. The Morgan fingerprint density at radius 1 is 1.11 bits per heavy atom. The molecule has 0 fully saturated rings. The number of hydrogen-bond donors (Lipinski definition) is 1. The first-order valence-corrected chi connectivity index (χ1v) is 6.74. The van der Waals surface area contributed by atoms with E-state index < -0.39 is 33.8 Å². The van der Waals surface area contributed by atoms with Crippen LogP contribution in [0, 0.1) is 0 Å². The van der Waals surface area contributed by atoms with Gasteiger partial charge < -0.3 is 10.5 Å². The fraction of sp³-hybridized carbons (Fsp3) is 0.917. The molecule has 0 aromatic rings. The molecule has 0 aliphatic carbocycles. The highest BCUT2D eigenvalue weighted by Gasteiger charge is 2.48. The molecular weight excluding hydrogens is 279 g/mol. The number of nitrogens with two attached hydrogens (primary N) is 1. The minimum Gasteiger partial charge on any atom is -0.459 e. The molecule has 114 valence electrons. The Morgan fingerprint density at radius 3 is 1.79 bits per heavy atom. The molecule has 0 aromatic heterocycles. The maximum Gasteiger partial charge on any atom is 0.405 e. The Morgan fingerprint density at radius 2 is 1.53 bits per heavy atom. The number of halogens is 3. The molecular formula is C12H22F3NO2S. The van der Waals surface area contributed by atoms with Crippen LogP contribution in [-0.4, -0.2) is 33.8 Å². The Labute approximate surface area is 116 Å². The number of carbonyl (C=O) groups is 1. The van der Waals surface area contributed by atoms with Crippen molar-refractivity contribution in [2.24, 2.45) is 5.73 Å². The van der Waals surface area contributed by atoms with Gasteiger partial charge in [0, 0.05) is 4.75 Å². The topological polar surface area (TPSA) is 52.3 Å². The van der Waals surface area contributed by atoms with Crippen LogP contribution in [0.3, 0.4) is 0 Å². The standard InChI is InChI=1S/C12H22F3NO2S/c1-10(2,3)18-9(17)7(19-11(4,5)6)8(16)12(13,14)15/h7-8H,16H2,1-6H3/t7-,8-/m1/s1. The van der Waals surface area contributed by atoms with Crippen LogP contribution in [0.5, 0.6) is 0 Å². The van der Waals surface area contributed by atoms with E-state index in [2.05, 4.69) is 0 Å². The number of hydrogen-bond acceptors (Lipinski definition) is 4. The van der Waals surface area contributed by atoms with E-state index in [-0.39, 0.29) is 0 Å². The molecule has 0 saturated heterocycles. The molecule has 0 bridgehead atoms. The molecule has 3 nitrogen and oxygen atoms in total. The third-order valence-electron chi connectivity index (χ3n) is 1.82. The summed E-state index contributed by atoms with van der Waals surface area (Å²) in [5, 5.41) is -1.47. The third kappa shape index (κ3) is 7.67. The van der Waals surface area contributed by atoms with E-state index in [1.54, 1.807) is 41.5 Å². The van der Waals surface area contributed by atoms with Crippen LogP contribution >= 0.6 is 11.8 Å². The fourth-order valence-corrected chi connectivity index (χ4v) is 2.39. The Hall–Kier alpha value is -0.430. The van der Waals surface area contributed by atoms with Crippen LogP contribution in [0.2, 0.25) is 0 Å². The number of carbonyl (C=O) groups excluding carboxylic acids is 1. The molecule has 0 rings (SSSR count). The summed E-state index contributed by atoms with van der Waals surface area (Å²) >= 11 is 0.866. The summed E-state index contributed by atoms with van der Waals surface area (Å²) in [6, 6.07) is -2.24. The van der Waals surface area contributed by atoms with Gasteiger partial charge in [-0.15, -0.1) is 11.8 Å². The average molecular weight is 301 g/mol. The third-order valence-corrected chi connectivity index (χ3v) is 3.27. The van der Waals surface area contributed by atoms with Gasteiger partial charge in [-0.3, -0.25) is 4.79 Å². The lowest BCUT2D eigenvalue weighted by molar-refractivity contribution is -0.169. The summed E-state index contributed by atoms with van der Waals surface area (Å²) in [5.74, 6) is -0.933. The summed E-state index contributed by atoms with van der Waals surface area (Å²) < 4.78 is 42.6. The second kappa shape index (κ2) is 5.91. The molecule has 0 heterocycles. The van der Waals surface area contributed by atoms with Crippen molar-refractivity contribution >= 4 is 17.7 Å². The van der Waals surface area contributed by atoms with E-state index in [4.69, 9.17) is 10.5 Å². The first kappa shape index (κ1) is 18.6. The van der Waals surface area contributed by atoms with Gasteiger partial charge in [-0.2, -0.15) is 13.2 Å². The number of thioether (sulfide) groups is 1. The summed E-state index contributed by atoms with van der Waals surface area (Å²) in [5.41, 5.74) is 4.33. The number of esters is 1. The van der Waals surface area contributed by atoms with Gasteiger partial charge in [-0.1, -0.05) is 20.8 Å². The lowest BCUT2D eigenvalue weighted by Gasteiger charge is -2.31. The van der Waals surface area contributed by atoms with Crippen LogP contribution in [0.1, 0.15) is 41.5 Å². The largest absolute Gasteiger partial charge is 0.459 e. The minimum absolute atomic E-state index is 0.537. The van der Waals surface area contributed by atoms with E-state index in [0.717, 1.165) is 11.8 Å². The zero-order chi connectivity index (χ0) is 15.6. The SMILES string of the molecule is CC(C)(C)OC(=O)[C@H](SC(C)(C)C)[C@@H](N)C(F)(F)F. The molecule has 2 atom stereocenters. The summed E-state index contributed by atoms with van der Waals surface area (Å²) in [6.45, 7) is 9.96. The predicted molar refractivity (Wildman–Crippen MR) is 71.0 cm³/mol. The smallest absolute Gasteiger partial charge is 0.405 e. The van der Waals surface area contributed by atoms with Crippen LogP contribution in [0.25, 0.3) is 0 Å². The van der Waals surface area contributed by atoms with Gasteiger partial charge in [0.2, 0.25) is 0 Å². The minimum atomic E-state index is -4.64. The molecule has 0 aromatic carbocycles. The van der Waals surface area contributed by atoms with Crippen molar-refractivity contribution < 1.29 is 22.7 Å².